The van der Waals surface area contributed by atoms with E-state index in [9.17, 15) is 14.7 Å². The number of carbonyl (C=O) groups is 2. The Kier molecular flexibility index (Phi) is 10.7. The summed E-state index contributed by atoms with van der Waals surface area (Å²) in [7, 11) is 8.06. The molecule has 42 heavy (non-hydrogen) atoms. The molecular formula is C33H48N3O6+. The smallest absolute Gasteiger partial charge is 0.308 e. The van der Waals surface area contributed by atoms with Gasteiger partial charge in [-0.3, -0.25) is 14.5 Å². The van der Waals surface area contributed by atoms with Gasteiger partial charge in [-0.25, -0.2) is 0 Å². The van der Waals surface area contributed by atoms with Crippen LogP contribution in [0.3, 0.4) is 0 Å². The third kappa shape index (κ3) is 7.95. The van der Waals surface area contributed by atoms with Gasteiger partial charge in [-0.05, 0) is 35.7 Å². The summed E-state index contributed by atoms with van der Waals surface area (Å²) in [5.41, 5.74) is 2.07. The standard InChI is InChI=1S/C33H47N3O6/c1-6-7-16-34(17-10-18-36(2,3)4)31(37)22-35-21-26(24-13-14-28-25(20-24)15-19-41-28)32(33(38)39)27(35)23-42-30-12-9-8-11-29(30)40-5/h8-9,11-14,20,26-27,32H,6-7,10,15-19,21-23H2,1-5H3/p+1. The van der Waals surface area contributed by atoms with Crippen LogP contribution >= 0.6 is 0 Å². The molecule has 0 aromatic heterocycles. The predicted octanol–water partition coefficient (Wildman–Crippen LogP) is 3.90. The van der Waals surface area contributed by atoms with Gasteiger partial charge < -0.3 is 28.7 Å². The summed E-state index contributed by atoms with van der Waals surface area (Å²) in [4.78, 5) is 30.7. The number of fused-ring (bicyclic) bond motifs is 1. The molecule has 2 heterocycles. The summed E-state index contributed by atoms with van der Waals surface area (Å²) in [5.74, 6) is 0.143. The molecule has 0 radical (unpaired) electrons. The SMILES string of the molecule is CCCCN(CCC[N+](C)(C)C)C(=O)CN1CC(c2ccc3c(c2)CCO3)C(C(=O)O)C1COc1ccccc1OC. The minimum Gasteiger partial charge on any atom is -0.493 e. The maximum atomic E-state index is 13.8. The van der Waals surface area contributed by atoms with E-state index in [1.165, 1.54) is 0 Å². The third-order valence-corrected chi connectivity index (χ3v) is 8.38. The molecule has 9 heteroatoms. The molecule has 0 aliphatic carbocycles. The maximum Gasteiger partial charge on any atom is 0.308 e. The van der Waals surface area contributed by atoms with Crippen molar-refractivity contribution in [1.29, 1.82) is 0 Å². The number of ether oxygens (including phenoxy) is 3. The highest BCUT2D eigenvalue weighted by Gasteiger charge is 2.48. The summed E-state index contributed by atoms with van der Waals surface area (Å²) in [6, 6.07) is 12.9. The number of quaternary nitrogens is 1. The first-order valence-corrected chi connectivity index (χ1v) is 15.2. The van der Waals surface area contributed by atoms with E-state index in [1.807, 2.05) is 46.2 Å². The van der Waals surface area contributed by atoms with E-state index in [1.54, 1.807) is 7.11 Å². The molecule has 0 spiro atoms. The summed E-state index contributed by atoms with van der Waals surface area (Å²) < 4.78 is 18.2. The Labute approximate surface area is 250 Å². The van der Waals surface area contributed by atoms with Gasteiger partial charge >= 0.3 is 5.97 Å². The number of amides is 1. The highest BCUT2D eigenvalue weighted by atomic mass is 16.5. The van der Waals surface area contributed by atoms with Gasteiger partial charge in [-0.2, -0.15) is 0 Å². The maximum absolute atomic E-state index is 13.8. The largest absolute Gasteiger partial charge is 0.493 e. The Morgan fingerprint density at radius 1 is 1.10 bits per heavy atom. The average Bonchev–Trinajstić information content (AvgIpc) is 3.57. The molecule has 1 amide bonds. The molecule has 0 bridgehead atoms. The molecule has 2 aliphatic heterocycles. The van der Waals surface area contributed by atoms with Crippen molar-refractivity contribution in [2.75, 3.05) is 74.2 Å². The highest BCUT2D eigenvalue weighted by molar-refractivity contribution is 5.79. The van der Waals surface area contributed by atoms with Crippen LogP contribution in [0.4, 0.5) is 0 Å². The van der Waals surface area contributed by atoms with Crippen LogP contribution in [-0.4, -0.2) is 111 Å². The lowest BCUT2D eigenvalue weighted by Gasteiger charge is -2.30. The molecule has 3 unspecified atom stereocenters. The summed E-state index contributed by atoms with van der Waals surface area (Å²) in [6.07, 6.45) is 3.67. The predicted molar refractivity (Wildman–Crippen MR) is 162 cm³/mol. The van der Waals surface area contributed by atoms with Crippen molar-refractivity contribution < 1.29 is 33.4 Å². The second kappa shape index (κ2) is 14.2. The van der Waals surface area contributed by atoms with Crippen molar-refractivity contribution in [2.45, 2.75) is 44.6 Å². The molecule has 230 valence electrons. The number of nitrogens with zero attached hydrogens (tertiary/aromatic N) is 3. The van der Waals surface area contributed by atoms with Gasteiger partial charge in [0.05, 0.1) is 59.9 Å². The number of aliphatic carboxylic acids is 1. The Hall–Kier alpha value is -3.30. The van der Waals surface area contributed by atoms with Crippen molar-refractivity contribution in [3.63, 3.8) is 0 Å². The van der Waals surface area contributed by atoms with E-state index in [-0.39, 0.29) is 25.0 Å². The van der Waals surface area contributed by atoms with Crippen LogP contribution in [0.25, 0.3) is 0 Å². The zero-order valence-electron chi connectivity index (χ0n) is 25.9. The van der Waals surface area contributed by atoms with Gasteiger partial charge in [0, 0.05) is 38.4 Å². The van der Waals surface area contributed by atoms with Crippen molar-refractivity contribution in [2.24, 2.45) is 5.92 Å². The van der Waals surface area contributed by atoms with Crippen molar-refractivity contribution in [1.82, 2.24) is 9.80 Å². The van der Waals surface area contributed by atoms with E-state index >= 15 is 0 Å². The lowest BCUT2D eigenvalue weighted by molar-refractivity contribution is -0.870. The summed E-state index contributed by atoms with van der Waals surface area (Å²) >= 11 is 0. The van der Waals surface area contributed by atoms with Gasteiger partial charge in [-0.15, -0.1) is 0 Å². The van der Waals surface area contributed by atoms with Crippen LogP contribution in [0.5, 0.6) is 17.2 Å². The number of hydrogen-bond donors (Lipinski definition) is 1. The number of rotatable bonds is 15. The van der Waals surface area contributed by atoms with Gasteiger partial charge in [0.15, 0.2) is 11.5 Å². The van der Waals surface area contributed by atoms with Crippen LogP contribution in [0.2, 0.25) is 0 Å². The van der Waals surface area contributed by atoms with Crippen LogP contribution in [0, 0.1) is 5.92 Å². The molecule has 1 fully saturated rings. The molecule has 1 N–H and O–H groups in total. The number of para-hydroxylation sites is 2. The number of carbonyl (C=O) groups excluding carboxylic acids is 1. The zero-order chi connectivity index (χ0) is 30.3. The Morgan fingerprint density at radius 2 is 1.83 bits per heavy atom. The number of benzene rings is 2. The minimum atomic E-state index is -0.883. The first-order valence-electron chi connectivity index (χ1n) is 15.2. The van der Waals surface area contributed by atoms with Gasteiger partial charge in [-0.1, -0.05) is 37.6 Å². The van der Waals surface area contributed by atoms with E-state index < -0.39 is 17.9 Å². The fourth-order valence-electron chi connectivity index (χ4n) is 6.11. The number of carboxylic acid groups (broad SMARTS) is 1. The van der Waals surface area contributed by atoms with Crippen molar-refractivity contribution in [3.05, 3.63) is 53.6 Å². The van der Waals surface area contributed by atoms with Crippen LogP contribution < -0.4 is 14.2 Å². The van der Waals surface area contributed by atoms with Crippen molar-refractivity contribution in [3.8, 4) is 17.2 Å². The molecule has 2 aromatic rings. The topological polar surface area (TPSA) is 88.5 Å². The summed E-state index contributed by atoms with van der Waals surface area (Å²) in [6.45, 7) is 5.89. The number of unbranched alkanes of at least 4 members (excludes halogenated alkanes) is 1. The van der Waals surface area contributed by atoms with Crippen LogP contribution in [0.1, 0.15) is 43.2 Å². The lowest BCUT2D eigenvalue weighted by atomic mass is 9.84. The van der Waals surface area contributed by atoms with Gasteiger partial charge in [0.1, 0.15) is 12.4 Å². The summed E-state index contributed by atoms with van der Waals surface area (Å²) in [5, 5.41) is 10.5. The van der Waals surface area contributed by atoms with E-state index in [4.69, 9.17) is 14.2 Å². The highest BCUT2D eigenvalue weighted by Crippen LogP contribution is 2.40. The monoisotopic (exact) mass is 582 g/mol. The van der Waals surface area contributed by atoms with Crippen LogP contribution in [0.15, 0.2) is 42.5 Å². The zero-order valence-corrected chi connectivity index (χ0v) is 25.9. The third-order valence-electron chi connectivity index (χ3n) is 8.38. The van der Waals surface area contributed by atoms with Gasteiger partial charge in [0.2, 0.25) is 5.91 Å². The van der Waals surface area contributed by atoms with E-state index in [2.05, 4.69) is 34.1 Å². The first kappa shape index (κ1) is 31.6. The van der Waals surface area contributed by atoms with Crippen molar-refractivity contribution >= 4 is 11.9 Å². The first-order chi connectivity index (χ1) is 20.1. The number of hydrogen-bond acceptors (Lipinski definition) is 6. The molecule has 0 saturated carbocycles. The fourth-order valence-corrected chi connectivity index (χ4v) is 6.11. The van der Waals surface area contributed by atoms with Gasteiger partial charge in [0.25, 0.3) is 0 Å². The molecular weight excluding hydrogens is 534 g/mol. The molecule has 1 saturated heterocycles. The van der Waals surface area contributed by atoms with E-state index in [0.717, 1.165) is 53.6 Å². The average molecular weight is 583 g/mol. The normalized spacial score (nSPS) is 20.2. The Morgan fingerprint density at radius 3 is 2.52 bits per heavy atom. The quantitative estimate of drug-likeness (QED) is 0.319. The Bertz CT molecular complexity index is 1210. The molecule has 9 nitrogen and oxygen atoms in total. The molecule has 3 atom stereocenters. The lowest BCUT2D eigenvalue weighted by Crippen LogP contribution is -2.47. The number of likely N-dealkylation sites (tertiary alicyclic amines) is 1. The molecule has 2 aromatic carbocycles. The second-order valence-corrected chi connectivity index (χ2v) is 12.5. The molecule has 4 rings (SSSR count). The fraction of sp³-hybridized carbons (Fsp3) is 0.576. The second-order valence-electron chi connectivity index (χ2n) is 12.5. The number of methoxy groups -OCH3 is 1. The Balaban J connectivity index is 1.59. The molecule has 2 aliphatic rings. The van der Waals surface area contributed by atoms with Crippen LogP contribution in [-0.2, 0) is 16.0 Å². The van der Waals surface area contributed by atoms with E-state index in [0.29, 0.717) is 37.7 Å². The minimum absolute atomic E-state index is 0.0410. The number of carboxylic acids is 1.